The predicted molar refractivity (Wildman–Crippen MR) is 100 cm³/mol. The Balaban J connectivity index is 1.82. The van der Waals surface area contributed by atoms with Gasteiger partial charge in [0.1, 0.15) is 11.6 Å². The molecule has 1 aliphatic heterocycles. The van der Waals surface area contributed by atoms with Crippen LogP contribution in [0.1, 0.15) is 25.3 Å². The van der Waals surface area contributed by atoms with Gasteiger partial charge in [0.25, 0.3) is 0 Å². The number of benzene rings is 1. The fraction of sp³-hybridized carbons (Fsp3) is 0.611. The van der Waals surface area contributed by atoms with E-state index < -0.39 is 5.82 Å². The first kappa shape index (κ1) is 20.0. The second kappa shape index (κ2) is 9.97. The summed E-state index contributed by atoms with van der Waals surface area (Å²) in [5.41, 5.74) is 0.366. The van der Waals surface area contributed by atoms with Crippen molar-refractivity contribution in [2.75, 3.05) is 39.1 Å². The molecule has 25 heavy (non-hydrogen) atoms. The molecule has 1 heterocycles. The minimum absolute atomic E-state index is 0.166. The van der Waals surface area contributed by atoms with E-state index in [0.29, 0.717) is 24.5 Å². The number of nitrogens with one attached hydrogen (secondary N) is 2. The van der Waals surface area contributed by atoms with Gasteiger partial charge >= 0.3 is 0 Å². The molecule has 0 atom stereocenters. The minimum Gasteiger partial charge on any atom is -0.381 e. The van der Waals surface area contributed by atoms with Crippen LogP contribution in [0.4, 0.5) is 8.78 Å². The zero-order valence-electron chi connectivity index (χ0n) is 14.9. The number of guanidine groups is 1. The van der Waals surface area contributed by atoms with Crippen molar-refractivity contribution in [2.24, 2.45) is 4.99 Å². The standard InChI is InChI=1S/C18H27F2N3OS/c1-3-25-18(7-10-24-11-8-18)13-23-17(21-2)22-9-6-14-12-15(19)4-5-16(14)20/h4-5,12H,3,6-11,13H2,1-2H3,(H2,21,22,23). The van der Waals surface area contributed by atoms with Crippen LogP contribution in [0.3, 0.4) is 0 Å². The lowest BCUT2D eigenvalue weighted by atomic mass is 9.99. The Labute approximate surface area is 152 Å². The summed E-state index contributed by atoms with van der Waals surface area (Å²) in [7, 11) is 1.71. The molecule has 1 saturated heterocycles. The molecule has 0 unspecified atom stereocenters. The molecule has 2 N–H and O–H groups in total. The molecule has 0 bridgehead atoms. The fourth-order valence-electron chi connectivity index (χ4n) is 2.94. The number of aliphatic imine (C=N–C) groups is 1. The smallest absolute Gasteiger partial charge is 0.191 e. The van der Waals surface area contributed by atoms with E-state index in [-0.39, 0.29) is 10.6 Å². The van der Waals surface area contributed by atoms with Crippen molar-refractivity contribution >= 4 is 17.7 Å². The first-order valence-corrected chi connectivity index (χ1v) is 9.67. The average molecular weight is 371 g/mol. The number of hydrogen-bond acceptors (Lipinski definition) is 3. The lowest BCUT2D eigenvalue weighted by Crippen LogP contribution is -2.48. The van der Waals surface area contributed by atoms with Crippen LogP contribution in [0.5, 0.6) is 0 Å². The molecule has 0 aliphatic carbocycles. The number of rotatable bonds is 7. The SMILES string of the molecule is CCSC1(CNC(=NC)NCCc2cc(F)ccc2F)CCOCC1. The van der Waals surface area contributed by atoms with Crippen molar-refractivity contribution in [2.45, 2.75) is 30.9 Å². The zero-order valence-corrected chi connectivity index (χ0v) is 15.7. The van der Waals surface area contributed by atoms with E-state index in [1.807, 2.05) is 11.8 Å². The second-order valence-corrected chi connectivity index (χ2v) is 7.80. The van der Waals surface area contributed by atoms with E-state index in [4.69, 9.17) is 4.74 Å². The summed E-state index contributed by atoms with van der Waals surface area (Å²) in [5.74, 6) is 0.940. The van der Waals surface area contributed by atoms with Crippen LogP contribution in [0.25, 0.3) is 0 Å². The highest BCUT2D eigenvalue weighted by Gasteiger charge is 2.32. The molecule has 1 fully saturated rings. The Hall–Kier alpha value is -1.34. The molecule has 1 aromatic rings. The van der Waals surface area contributed by atoms with E-state index in [1.165, 1.54) is 6.07 Å². The van der Waals surface area contributed by atoms with Crippen LogP contribution in [-0.2, 0) is 11.2 Å². The Morgan fingerprint density at radius 2 is 2.04 bits per heavy atom. The normalized spacial score (nSPS) is 17.4. The number of nitrogens with zero attached hydrogens (tertiary/aromatic N) is 1. The van der Waals surface area contributed by atoms with E-state index in [9.17, 15) is 8.78 Å². The highest BCUT2D eigenvalue weighted by atomic mass is 32.2. The van der Waals surface area contributed by atoms with Gasteiger partial charge in [0.15, 0.2) is 5.96 Å². The monoisotopic (exact) mass is 371 g/mol. The summed E-state index contributed by atoms with van der Waals surface area (Å²) in [5, 5.41) is 6.54. The molecule has 4 nitrogen and oxygen atoms in total. The van der Waals surface area contributed by atoms with Gasteiger partial charge in [-0.3, -0.25) is 4.99 Å². The van der Waals surface area contributed by atoms with E-state index in [2.05, 4.69) is 22.5 Å². The maximum absolute atomic E-state index is 13.6. The number of ether oxygens (including phenoxy) is 1. The molecule has 0 amide bonds. The van der Waals surface area contributed by atoms with E-state index >= 15 is 0 Å². The van der Waals surface area contributed by atoms with Gasteiger partial charge in [-0.1, -0.05) is 6.92 Å². The van der Waals surface area contributed by atoms with Gasteiger partial charge in [-0.2, -0.15) is 11.8 Å². The molecule has 2 rings (SSSR count). The lowest BCUT2D eigenvalue weighted by Gasteiger charge is -2.37. The zero-order chi connectivity index (χ0) is 18.1. The molecule has 1 aromatic carbocycles. The predicted octanol–water partition coefficient (Wildman–Crippen LogP) is 2.97. The first-order valence-electron chi connectivity index (χ1n) is 8.69. The van der Waals surface area contributed by atoms with Crippen molar-refractivity contribution in [3.8, 4) is 0 Å². The maximum atomic E-state index is 13.6. The van der Waals surface area contributed by atoms with Crippen molar-refractivity contribution in [3.05, 3.63) is 35.4 Å². The third-order valence-electron chi connectivity index (χ3n) is 4.35. The largest absolute Gasteiger partial charge is 0.381 e. The molecule has 0 radical (unpaired) electrons. The van der Waals surface area contributed by atoms with Crippen LogP contribution in [0.15, 0.2) is 23.2 Å². The summed E-state index contributed by atoms with van der Waals surface area (Å²) < 4.78 is 32.5. The highest BCUT2D eigenvalue weighted by molar-refractivity contribution is 8.00. The number of thioether (sulfide) groups is 1. The molecule has 7 heteroatoms. The van der Waals surface area contributed by atoms with Gasteiger partial charge in [-0.25, -0.2) is 8.78 Å². The van der Waals surface area contributed by atoms with Gasteiger partial charge in [-0.15, -0.1) is 0 Å². The molecule has 140 valence electrons. The van der Waals surface area contributed by atoms with Crippen LogP contribution in [0, 0.1) is 11.6 Å². The number of halogens is 2. The lowest BCUT2D eigenvalue weighted by molar-refractivity contribution is 0.0782. The van der Waals surface area contributed by atoms with Gasteiger partial charge in [0.05, 0.1) is 0 Å². The van der Waals surface area contributed by atoms with Gasteiger partial charge in [0, 0.05) is 38.1 Å². The Bertz CT molecular complexity index is 572. The summed E-state index contributed by atoms with van der Waals surface area (Å²) in [6, 6.07) is 3.53. The molecular formula is C18H27F2N3OS. The fourth-order valence-corrected chi connectivity index (χ4v) is 4.18. The summed E-state index contributed by atoms with van der Waals surface area (Å²) in [6.45, 7) is 5.04. The van der Waals surface area contributed by atoms with Crippen molar-refractivity contribution in [1.82, 2.24) is 10.6 Å². The topological polar surface area (TPSA) is 45.7 Å². The van der Waals surface area contributed by atoms with Crippen LogP contribution >= 0.6 is 11.8 Å². The first-order chi connectivity index (χ1) is 12.1. The van der Waals surface area contributed by atoms with Crippen LogP contribution < -0.4 is 10.6 Å². The van der Waals surface area contributed by atoms with E-state index in [0.717, 1.165) is 50.5 Å². The van der Waals surface area contributed by atoms with E-state index in [1.54, 1.807) is 7.05 Å². The van der Waals surface area contributed by atoms with Crippen molar-refractivity contribution < 1.29 is 13.5 Å². The van der Waals surface area contributed by atoms with Crippen molar-refractivity contribution in [3.63, 3.8) is 0 Å². The Kier molecular flexibility index (Phi) is 7.96. The van der Waals surface area contributed by atoms with Crippen LogP contribution in [0.2, 0.25) is 0 Å². The third kappa shape index (κ3) is 6.15. The summed E-state index contributed by atoms with van der Waals surface area (Å²) in [4.78, 5) is 4.22. The highest BCUT2D eigenvalue weighted by Crippen LogP contribution is 2.34. The van der Waals surface area contributed by atoms with Gasteiger partial charge < -0.3 is 15.4 Å². The summed E-state index contributed by atoms with van der Waals surface area (Å²) in [6.07, 6.45) is 2.43. The molecular weight excluding hydrogens is 344 g/mol. The van der Waals surface area contributed by atoms with Gasteiger partial charge in [-0.05, 0) is 48.8 Å². The van der Waals surface area contributed by atoms with Crippen molar-refractivity contribution in [1.29, 1.82) is 0 Å². The molecule has 0 saturated carbocycles. The maximum Gasteiger partial charge on any atom is 0.191 e. The minimum atomic E-state index is -0.419. The quantitative estimate of drug-likeness (QED) is 0.571. The molecule has 0 aromatic heterocycles. The number of hydrogen-bond donors (Lipinski definition) is 2. The Morgan fingerprint density at radius 1 is 1.28 bits per heavy atom. The third-order valence-corrected chi connectivity index (χ3v) is 5.80. The second-order valence-electron chi connectivity index (χ2n) is 6.07. The van der Waals surface area contributed by atoms with Crippen LogP contribution in [-0.4, -0.2) is 49.8 Å². The summed E-state index contributed by atoms with van der Waals surface area (Å²) >= 11 is 1.96. The Morgan fingerprint density at radius 3 is 2.72 bits per heavy atom. The molecule has 1 aliphatic rings. The van der Waals surface area contributed by atoms with Gasteiger partial charge in [0.2, 0.25) is 0 Å². The average Bonchev–Trinajstić information content (AvgIpc) is 2.62. The molecule has 0 spiro atoms.